The molecule has 2 rings (SSSR count). The van der Waals surface area contributed by atoms with Crippen LogP contribution in [0.25, 0.3) is 0 Å². The highest BCUT2D eigenvalue weighted by Crippen LogP contribution is 2.23. The van der Waals surface area contributed by atoms with Crippen molar-refractivity contribution in [1.29, 1.82) is 0 Å². The Morgan fingerprint density at radius 3 is 2.47 bits per heavy atom. The SMILES string of the molecule is Cc1ccc(NC(=O)c2ccc(F)cc2Br)cc1Br. The molecule has 0 aromatic heterocycles. The van der Waals surface area contributed by atoms with E-state index in [1.807, 2.05) is 25.1 Å². The zero-order chi connectivity index (χ0) is 14.0. The second-order valence-electron chi connectivity index (χ2n) is 4.04. The maximum atomic E-state index is 13.0. The zero-order valence-electron chi connectivity index (χ0n) is 10.0. The molecule has 0 saturated heterocycles. The summed E-state index contributed by atoms with van der Waals surface area (Å²) in [4.78, 5) is 12.1. The van der Waals surface area contributed by atoms with Crippen molar-refractivity contribution in [2.24, 2.45) is 0 Å². The molecule has 0 spiro atoms. The quantitative estimate of drug-likeness (QED) is 0.780. The lowest BCUT2D eigenvalue weighted by atomic mass is 10.2. The molecule has 2 nitrogen and oxygen atoms in total. The number of hydrogen-bond acceptors (Lipinski definition) is 1. The molecule has 0 fully saturated rings. The van der Waals surface area contributed by atoms with Gasteiger partial charge in [0.05, 0.1) is 5.56 Å². The minimum Gasteiger partial charge on any atom is -0.322 e. The van der Waals surface area contributed by atoms with Crippen molar-refractivity contribution in [3.63, 3.8) is 0 Å². The number of rotatable bonds is 2. The van der Waals surface area contributed by atoms with Gasteiger partial charge in [0.25, 0.3) is 5.91 Å². The maximum Gasteiger partial charge on any atom is 0.256 e. The molecule has 0 aliphatic rings. The van der Waals surface area contributed by atoms with Crippen LogP contribution in [-0.4, -0.2) is 5.91 Å². The van der Waals surface area contributed by atoms with Crippen LogP contribution in [0.4, 0.5) is 10.1 Å². The molecule has 2 aromatic rings. The van der Waals surface area contributed by atoms with Crippen molar-refractivity contribution in [2.45, 2.75) is 6.92 Å². The Kier molecular flexibility index (Phi) is 4.37. The van der Waals surface area contributed by atoms with Gasteiger partial charge in [-0.3, -0.25) is 4.79 Å². The Morgan fingerprint density at radius 2 is 1.84 bits per heavy atom. The van der Waals surface area contributed by atoms with Crippen molar-refractivity contribution in [1.82, 2.24) is 0 Å². The Labute approximate surface area is 127 Å². The topological polar surface area (TPSA) is 29.1 Å². The van der Waals surface area contributed by atoms with Gasteiger partial charge in [-0.1, -0.05) is 22.0 Å². The number of amides is 1. The molecule has 0 unspecified atom stereocenters. The van der Waals surface area contributed by atoms with E-state index in [-0.39, 0.29) is 11.7 Å². The van der Waals surface area contributed by atoms with Crippen molar-refractivity contribution >= 4 is 43.5 Å². The van der Waals surface area contributed by atoms with Gasteiger partial charge >= 0.3 is 0 Å². The van der Waals surface area contributed by atoms with Crippen LogP contribution < -0.4 is 5.32 Å². The summed E-state index contributed by atoms with van der Waals surface area (Å²) in [5.74, 6) is -0.677. The molecule has 0 heterocycles. The van der Waals surface area contributed by atoms with E-state index >= 15 is 0 Å². The molecule has 0 saturated carbocycles. The fourth-order valence-corrected chi connectivity index (χ4v) is 2.45. The minimum absolute atomic E-state index is 0.289. The Morgan fingerprint density at radius 1 is 1.11 bits per heavy atom. The third-order valence-corrected chi connectivity index (χ3v) is 4.12. The van der Waals surface area contributed by atoms with Crippen LogP contribution in [0.1, 0.15) is 15.9 Å². The summed E-state index contributed by atoms with van der Waals surface area (Å²) >= 11 is 6.58. The van der Waals surface area contributed by atoms with Crippen molar-refractivity contribution < 1.29 is 9.18 Å². The van der Waals surface area contributed by atoms with Crippen LogP contribution in [0.5, 0.6) is 0 Å². The van der Waals surface area contributed by atoms with Crippen LogP contribution in [-0.2, 0) is 0 Å². The summed E-state index contributed by atoms with van der Waals surface area (Å²) in [6, 6.07) is 9.50. The molecule has 5 heteroatoms. The van der Waals surface area contributed by atoms with E-state index in [1.165, 1.54) is 18.2 Å². The van der Waals surface area contributed by atoms with Gasteiger partial charge in [0, 0.05) is 14.6 Å². The zero-order valence-corrected chi connectivity index (χ0v) is 13.2. The minimum atomic E-state index is -0.387. The lowest BCUT2D eigenvalue weighted by molar-refractivity contribution is 0.102. The van der Waals surface area contributed by atoms with Gasteiger partial charge in [0.1, 0.15) is 5.82 Å². The fourth-order valence-electron chi connectivity index (χ4n) is 1.54. The number of anilines is 1. The summed E-state index contributed by atoms with van der Waals surface area (Å²) in [7, 11) is 0. The van der Waals surface area contributed by atoms with E-state index in [0.717, 1.165) is 10.0 Å². The summed E-state index contributed by atoms with van der Waals surface area (Å²) in [6.07, 6.45) is 0. The standard InChI is InChI=1S/C14H10Br2FNO/c1-8-2-4-10(7-12(8)15)18-14(19)11-5-3-9(17)6-13(11)16/h2-7H,1H3,(H,18,19). The van der Waals surface area contributed by atoms with E-state index in [1.54, 1.807) is 0 Å². The number of carbonyl (C=O) groups excluding carboxylic acids is 1. The largest absolute Gasteiger partial charge is 0.322 e. The van der Waals surface area contributed by atoms with Gasteiger partial charge in [-0.05, 0) is 58.7 Å². The number of aryl methyl sites for hydroxylation is 1. The van der Waals surface area contributed by atoms with Crippen LogP contribution in [0, 0.1) is 12.7 Å². The molecule has 0 radical (unpaired) electrons. The lowest BCUT2D eigenvalue weighted by Gasteiger charge is -2.08. The molecular formula is C14H10Br2FNO. The predicted octanol–water partition coefficient (Wildman–Crippen LogP) is 4.91. The van der Waals surface area contributed by atoms with Crippen LogP contribution in [0.3, 0.4) is 0 Å². The molecule has 0 aliphatic heterocycles. The molecule has 0 aliphatic carbocycles. The summed E-state index contributed by atoms with van der Waals surface area (Å²) in [5, 5.41) is 2.77. The van der Waals surface area contributed by atoms with Gasteiger partial charge in [0.2, 0.25) is 0 Å². The predicted molar refractivity (Wildman–Crippen MR) is 80.9 cm³/mol. The Balaban J connectivity index is 2.23. The second-order valence-corrected chi connectivity index (χ2v) is 5.75. The van der Waals surface area contributed by atoms with Crippen LogP contribution in [0.15, 0.2) is 45.3 Å². The summed E-state index contributed by atoms with van der Waals surface area (Å²) in [6.45, 7) is 1.96. The first-order valence-electron chi connectivity index (χ1n) is 5.50. The first kappa shape index (κ1) is 14.2. The highest BCUT2D eigenvalue weighted by molar-refractivity contribution is 9.10. The highest BCUT2D eigenvalue weighted by atomic mass is 79.9. The monoisotopic (exact) mass is 385 g/mol. The average Bonchev–Trinajstić information content (AvgIpc) is 2.33. The molecule has 1 amide bonds. The number of halogens is 3. The third-order valence-electron chi connectivity index (χ3n) is 2.61. The van der Waals surface area contributed by atoms with Gasteiger partial charge in [-0.2, -0.15) is 0 Å². The molecule has 0 bridgehead atoms. The molecule has 0 atom stereocenters. The van der Waals surface area contributed by atoms with Crippen LogP contribution >= 0.6 is 31.9 Å². The number of carbonyl (C=O) groups is 1. The van der Waals surface area contributed by atoms with E-state index in [0.29, 0.717) is 15.7 Å². The van der Waals surface area contributed by atoms with Gasteiger partial charge in [-0.25, -0.2) is 4.39 Å². The fraction of sp³-hybridized carbons (Fsp3) is 0.0714. The molecule has 2 aromatic carbocycles. The molecular weight excluding hydrogens is 377 g/mol. The molecule has 98 valence electrons. The first-order valence-corrected chi connectivity index (χ1v) is 7.08. The van der Waals surface area contributed by atoms with Crippen molar-refractivity contribution in [3.8, 4) is 0 Å². The average molecular weight is 387 g/mol. The van der Waals surface area contributed by atoms with Gasteiger partial charge in [-0.15, -0.1) is 0 Å². The van der Waals surface area contributed by atoms with Crippen LogP contribution in [0.2, 0.25) is 0 Å². The van der Waals surface area contributed by atoms with E-state index in [9.17, 15) is 9.18 Å². The first-order chi connectivity index (χ1) is 8.97. The second kappa shape index (κ2) is 5.84. The summed E-state index contributed by atoms with van der Waals surface area (Å²) < 4.78 is 14.3. The normalized spacial score (nSPS) is 10.3. The smallest absolute Gasteiger partial charge is 0.256 e. The lowest BCUT2D eigenvalue weighted by Crippen LogP contribution is -2.12. The van der Waals surface area contributed by atoms with Gasteiger partial charge in [0.15, 0.2) is 0 Å². The molecule has 1 N–H and O–H groups in total. The number of benzene rings is 2. The highest BCUT2D eigenvalue weighted by Gasteiger charge is 2.11. The van der Waals surface area contributed by atoms with E-state index < -0.39 is 0 Å². The van der Waals surface area contributed by atoms with E-state index in [2.05, 4.69) is 37.2 Å². The number of hydrogen-bond donors (Lipinski definition) is 1. The Bertz CT molecular complexity index is 643. The van der Waals surface area contributed by atoms with E-state index in [4.69, 9.17) is 0 Å². The van der Waals surface area contributed by atoms with Gasteiger partial charge < -0.3 is 5.32 Å². The Hall–Kier alpha value is -1.20. The maximum absolute atomic E-state index is 13.0. The number of nitrogens with one attached hydrogen (secondary N) is 1. The third kappa shape index (κ3) is 3.42. The van der Waals surface area contributed by atoms with Crippen molar-refractivity contribution in [3.05, 3.63) is 62.3 Å². The molecule has 19 heavy (non-hydrogen) atoms. The summed E-state index contributed by atoms with van der Waals surface area (Å²) in [5.41, 5.74) is 2.15. The van der Waals surface area contributed by atoms with Crippen molar-refractivity contribution in [2.75, 3.05) is 5.32 Å².